The molecule has 0 spiro atoms. The van der Waals surface area contributed by atoms with Gasteiger partial charge in [0.1, 0.15) is 18.4 Å². The number of hydrogen-bond donors (Lipinski definition) is 3. The summed E-state index contributed by atoms with van der Waals surface area (Å²) in [5.74, 6) is 0.231. The van der Waals surface area contributed by atoms with Crippen molar-refractivity contribution in [1.29, 1.82) is 0 Å². The van der Waals surface area contributed by atoms with Gasteiger partial charge in [-0.25, -0.2) is 0 Å². The van der Waals surface area contributed by atoms with Gasteiger partial charge in [0.25, 0.3) is 0 Å². The van der Waals surface area contributed by atoms with Crippen LogP contribution in [0.5, 0.6) is 5.75 Å². The topological polar surface area (TPSA) is 93.4 Å². The first-order chi connectivity index (χ1) is 18.9. The van der Waals surface area contributed by atoms with Gasteiger partial charge in [0.05, 0.1) is 6.04 Å². The zero-order valence-corrected chi connectivity index (χ0v) is 24.8. The van der Waals surface area contributed by atoms with Crippen LogP contribution in [0, 0.1) is 13.8 Å². The Morgan fingerprint density at radius 1 is 0.900 bits per heavy atom. The number of benzene rings is 3. The molecule has 0 aromatic heterocycles. The molecule has 0 saturated heterocycles. The van der Waals surface area contributed by atoms with Crippen molar-refractivity contribution in [3.05, 3.63) is 100 Å². The summed E-state index contributed by atoms with van der Waals surface area (Å²) in [4.78, 5) is 25.2. The average Bonchev–Trinajstić information content (AvgIpc) is 2.92. The molecule has 3 rings (SSSR count). The minimum absolute atomic E-state index is 0.119. The number of nitrogens with one attached hydrogen (secondary N) is 2. The van der Waals surface area contributed by atoms with Crippen molar-refractivity contribution >= 4 is 11.8 Å². The van der Waals surface area contributed by atoms with Crippen molar-refractivity contribution in [2.45, 2.75) is 84.9 Å². The maximum absolute atomic E-state index is 12.8. The van der Waals surface area contributed by atoms with Crippen LogP contribution in [-0.2, 0) is 34.5 Å². The summed E-state index contributed by atoms with van der Waals surface area (Å²) in [5, 5.41) is 5.66. The number of ether oxygens (including phenoxy) is 1. The van der Waals surface area contributed by atoms with Gasteiger partial charge in [-0.3, -0.25) is 9.59 Å². The summed E-state index contributed by atoms with van der Waals surface area (Å²) in [6, 6.07) is 21.2. The predicted molar refractivity (Wildman–Crippen MR) is 162 cm³/mol. The van der Waals surface area contributed by atoms with Crippen molar-refractivity contribution in [3.8, 4) is 5.75 Å². The fraction of sp³-hybridized carbons (Fsp3) is 0.412. The third kappa shape index (κ3) is 9.23. The van der Waals surface area contributed by atoms with Crippen LogP contribution in [-0.4, -0.2) is 30.4 Å². The Morgan fingerprint density at radius 2 is 1.52 bits per heavy atom. The Morgan fingerprint density at radius 3 is 2.12 bits per heavy atom. The van der Waals surface area contributed by atoms with E-state index in [1.54, 1.807) is 6.92 Å². The second kappa shape index (κ2) is 14.1. The van der Waals surface area contributed by atoms with Gasteiger partial charge >= 0.3 is 0 Å². The maximum atomic E-state index is 12.8. The van der Waals surface area contributed by atoms with Crippen molar-refractivity contribution < 1.29 is 14.3 Å². The Balaban J connectivity index is 1.47. The molecule has 3 aromatic carbocycles. The smallest absolute Gasteiger partial charge is 0.242 e. The minimum Gasteiger partial charge on any atom is -0.489 e. The van der Waals surface area contributed by atoms with Gasteiger partial charge in [-0.1, -0.05) is 75.4 Å². The molecule has 6 heteroatoms. The van der Waals surface area contributed by atoms with Gasteiger partial charge in [0, 0.05) is 6.54 Å². The van der Waals surface area contributed by atoms with E-state index in [1.165, 1.54) is 11.1 Å². The van der Waals surface area contributed by atoms with E-state index in [0.717, 1.165) is 40.8 Å². The molecule has 40 heavy (non-hydrogen) atoms. The summed E-state index contributed by atoms with van der Waals surface area (Å²) in [6.07, 6.45) is 2.10. The molecule has 0 saturated carbocycles. The average molecular weight is 544 g/mol. The number of rotatable bonds is 12. The van der Waals surface area contributed by atoms with E-state index >= 15 is 0 Å². The standard InChI is InChI=1S/C34H45N3O3/c1-23-19-29(40-22-27-14-16-28(17-15-27)34(4,5)6)20-24(2)30(23)21-31(35)33(39)37-25(3)32(38)36-18-10-13-26-11-8-7-9-12-26/h7-9,11-12,14-17,19-20,25,31H,10,13,18,21-22,35H2,1-6H3,(H,36,38)(H,37,39)/t25-,31-/m1/s1. The highest BCUT2D eigenvalue weighted by molar-refractivity contribution is 5.89. The molecular weight excluding hydrogens is 498 g/mol. The Bertz CT molecular complexity index is 1240. The Labute approximate surface area is 239 Å². The van der Waals surface area contributed by atoms with Crippen LogP contribution in [0.4, 0.5) is 0 Å². The predicted octanol–water partition coefficient (Wildman–Crippen LogP) is 5.30. The largest absolute Gasteiger partial charge is 0.489 e. The van der Waals surface area contributed by atoms with Crippen LogP contribution < -0.4 is 21.1 Å². The lowest BCUT2D eigenvalue weighted by Gasteiger charge is -2.20. The maximum Gasteiger partial charge on any atom is 0.242 e. The normalized spacial score (nSPS) is 12.9. The van der Waals surface area contributed by atoms with E-state index in [4.69, 9.17) is 10.5 Å². The fourth-order valence-electron chi connectivity index (χ4n) is 4.63. The van der Waals surface area contributed by atoms with Gasteiger partial charge in [-0.2, -0.15) is 0 Å². The molecule has 0 fully saturated rings. The molecule has 0 aliphatic rings. The molecule has 3 aromatic rings. The lowest BCUT2D eigenvalue weighted by Crippen LogP contribution is -2.51. The molecule has 0 aliphatic heterocycles. The van der Waals surface area contributed by atoms with Gasteiger partial charge < -0.3 is 21.1 Å². The number of aryl methyl sites for hydroxylation is 3. The first-order valence-corrected chi connectivity index (χ1v) is 14.1. The summed E-state index contributed by atoms with van der Waals surface area (Å²) < 4.78 is 6.08. The first-order valence-electron chi connectivity index (χ1n) is 14.1. The third-order valence-electron chi connectivity index (χ3n) is 7.19. The Hall–Kier alpha value is -3.64. The minimum atomic E-state index is -0.765. The van der Waals surface area contributed by atoms with Crippen molar-refractivity contribution in [1.82, 2.24) is 10.6 Å². The summed E-state index contributed by atoms with van der Waals surface area (Å²) in [5.41, 5.74) is 13.1. The van der Waals surface area contributed by atoms with Crippen LogP contribution in [0.25, 0.3) is 0 Å². The van der Waals surface area contributed by atoms with Gasteiger partial charge in [0.15, 0.2) is 0 Å². The molecule has 2 atom stereocenters. The van der Waals surface area contributed by atoms with E-state index in [-0.39, 0.29) is 17.2 Å². The van der Waals surface area contributed by atoms with Gasteiger partial charge in [-0.05, 0) is 91.0 Å². The summed E-state index contributed by atoms with van der Waals surface area (Å²) in [6.45, 7) is 13.3. The number of nitrogens with two attached hydrogens (primary N) is 1. The van der Waals surface area contributed by atoms with Crippen LogP contribution in [0.2, 0.25) is 0 Å². The van der Waals surface area contributed by atoms with Crippen LogP contribution in [0.3, 0.4) is 0 Å². The summed E-state index contributed by atoms with van der Waals surface area (Å²) in [7, 11) is 0. The molecule has 0 bridgehead atoms. The highest BCUT2D eigenvalue weighted by Gasteiger charge is 2.21. The second-order valence-electron chi connectivity index (χ2n) is 11.7. The van der Waals surface area contributed by atoms with Crippen molar-refractivity contribution in [2.75, 3.05) is 6.54 Å². The SMILES string of the molecule is Cc1cc(OCc2ccc(C(C)(C)C)cc2)cc(C)c1C[C@@H](N)C(=O)N[C@H](C)C(=O)NCCCc1ccccc1. The zero-order chi connectivity index (χ0) is 29.3. The second-order valence-corrected chi connectivity index (χ2v) is 11.7. The first kappa shape index (κ1) is 30.9. The summed E-state index contributed by atoms with van der Waals surface area (Å²) >= 11 is 0. The zero-order valence-electron chi connectivity index (χ0n) is 24.8. The molecule has 214 valence electrons. The van der Waals surface area contributed by atoms with E-state index < -0.39 is 12.1 Å². The number of carbonyl (C=O) groups excluding carboxylic acids is 2. The number of amides is 2. The number of hydrogen-bond acceptors (Lipinski definition) is 4. The van der Waals surface area contributed by atoms with Crippen LogP contribution >= 0.6 is 0 Å². The van der Waals surface area contributed by atoms with Crippen LogP contribution in [0.1, 0.15) is 67.5 Å². The van der Waals surface area contributed by atoms with E-state index in [2.05, 4.69) is 67.8 Å². The molecule has 4 N–H and O–H groups in total. The quantitative estimate of drug-likeness (QED) is 0.270. The highest BCUT2D eigenvalue weighted by Crippen LogP contribution is 2.25. The third-order valence-corrected chi connectivity index (χ3v) is 7.19. The van der Waals surface area contributed by atoms with E-state index in [9.17, 15) is 9.59 Å². The molecule has 6 nitrogen and oxygen atoms in total. The van der Waals surface area contributed by atoms with Gasteiger partial charge in [-0.15, -0.1) is 0 Å². The monoisotopic (exact) mass is 543 g/mol. The van der Waals surface area contributed by atoms with Crippen LogP contribution in [0.15, 0.2) is 66.7 Å². The molecule has 0 aliphatic carbocycles. The van der Waals surface area contributed by atoms with Gasteiger partial charge in [0.2, 0.25) is 11.8 Å². The molecule has 0 radical (unpaired) electrons. The Kier molecular flexibility index (Phi) is 10.9. The lowest BCUT2D eigenvalue weighted by atomic mass is 9.87. The molecular formula is C34H45N3O3. The van der Waals surface area contributed by atoms with Crippen molar-refractivity contribution in [2.24, 2.45) is 5.73 Å². The van der Waals surface area contributed by atoms with E-state index in [1.807, 2.05) is 44.2 Å². The van der Waals surface area contributed by atoms with Crippen molar-refractivity contribution in [3.63, 3.8) is 0 Å². The van der Waals surface area contributed by atoms with E-state index in [0.29, 0.717) is 19.6 Å². The lowest BCUT2D eigenvalue weighted by molar-refractivity contribution is -0.129. The number of carbonyl (C=O) groups is 2. The molecule has 0 heterocycles. The fourth-order valence-corrected chi connectivity index (χ4v) is 4.63. The highest BCUT2D eigenvalue weighted by atomic mass is 16.5. The molecule has 2 amide bonds. The molecule has 0 unspecified atom stereocenters.